The number of aliphatic imine (C=N–C) groups is 1. The molecule has 2 aromatic carbocycles. The summed E-state index contributed by atoms with van der Waals surface area (Å²) in [6, 6.07) is 16.7. The largest absolute Gasteiger partial charge is 0.496 e. The highest BCUT2D eigenvalue weighted by atomic mass is 127. The van der Waals surface area contributed by atoms with E-state index >= 15 is 0 Å². The van der Waals surface area contributed by atoms with E-state index in [1.165, 1.54) is 16.7 Å². The van der Waals surface area contributed by atoms with Crippen LogP contribution in [0.15, 0.2) is 65.9 Å². The van der Waals surface area contributed by atoms with E-state index in [0.717, 1.165) is 50.0 Å². The van der Waals surface area contributed by atoms with Gasteiger partial charge in [-0.05, 0) is 30.5 Å². The van der Waals surface area contributed by atoms with Crippen LogP contribution in [0.1, 0.15) is 22.5 Å². The molecule has 2 N–H and O–H groups in total. The molecule has 0 fully saturated rings. The van der Waals surface area contributed by atoms with Gasteiger partial charge < -0.3 is 19.9 Å². The Morgan fingerprint density at radius 3 is 2.52 bits per heavy atom. The molecule has 1 aromatic heterocycles. The fraction of sp³-hybridized carbons (Fsp3) is 0.333. The van der Waals surface area contributed by atoms with Crippen molar-refractivity contribution >= 4 is 29.9 Å². The number of aromatic nitrogens is 2. The Kier molecular flexibility index (Phi) is 10.4. The number of halogens is 1. The molecular weight excluding hydrogens is 501 g/mol. The maximum absolute atomic E-state index is 5.46. The van der Waals surface area contributed by atoms with Crippen LogP contribution in [-0.4, -0.2) is 42.8 Å². The highest BCUT2D eigenvalue weighted by Crippen LogP contribution is 2.19. The number of imidazole rings is 1. The summed E-state index contributed by atoms with van der Waals surface area (Å²) in [5.41, 5.74) is 3.71. The maximum atomic E-state index is 5.46. The molecule has 166 valence electrons. The fourth-order valence-corrected chi connectivity index (χ4v) is 3.42. The van der Waals surface area contributed by atoms with Gasteiger partial charge in [-0.1, -0.05) is 48.0 Å². The molecule has 0 aliphatic carbocycles. The lowest BCUT2D eigenvalue weighted by Gasteiger charge is -2.14. The molecule has 0 amide bonds. The highest BCUT2D eigenvalue weighted by Gasteiger charge is 2.06. The second-order valence-electron chi connectivity index (χ2n) is 7.20. The molecule has 0 unspecified atom stereocenters. The molecule has 0 aliphatic rings. The number of hydrogen-bond acceptors (Lipinski definition) is 3. The van der Waals surface area contributed by atoms with E-state index in [0.29, 0.717) is 0 Å². The summed E-state index contributed by atoms with van der Waals surface area (Å²) in [4.78, 5) is 8.84. The minimum absolute atomic E-state index is 0. The van der Waals surface area contributed by atoms with Gasteiger partial charge in [0.2, 0.25) is 0 Å². The molecule has 0 spiro atoms. The van der Waals surface area contributed by atoms with Crippen molar-refractivity contribution in [2.24, 2.45) is 4.99 Å². The van der Waals surface area contributed by atoms with Crippen LogP contribution in [0.2, 0.25) is 0 Å². The standard InChI is InChI=1S/C24H31N5O.HI/c1-19-9-10-22(30-3)21(17-19)11-13-27-24(25-2)28-14-12-23-26-15-16-29(23)18-20-7-5-4-6-8-20;/h4-10,15-17H,11-14,18H2,1-3H3,(H2,25,27,28);1H. The quantitative estimate of drug-likeness (QED) is 0.250. The van der Waals surface area contributed by atoms with Crippen LogP contribution >= 0.6 is 24.0 Å². The number of benzene rings is 2. The number of nitrogens with zero attached hydrogens (tertiary/aromatic N) is 3. The zero-order chi connectivity index (χ0) is 21.2. The van der Waals surface area contributed by atoms with Crippen molar-refractivity contribution in [3.63, 3.8) is 0 Å². The van der Waals surface area contributed by atoms with Crippen LogP contribution < -0.4 is 15.4 Å². The number of nitrogens with one attached hydrogen (secondary N) is 2. The molecule has 0 atom stereocenters. The van der Waals surface area contributed by atoms with Crippen molar-refractivity contribution in [2.75, 3.05) is 27.2 Å². The highest BCUT2D eigenvalue weighted by molar-refractivity contribution is 14.0. The van der Waals surface area contributed by atoms with E-state index in [2.05, 4.69) is 68.5 Å². The van der Waals surface area contributed by atoms with Gasteiger partial charge in [0.15, 0.2) is 5.96 Å². The van der Waals surface area contributed by atoms with Crippen LogP contribution in [0.25, 0.3) is 0 Å². The second-order valence-corrected chi connectivity index (χ2v) is 7.20. The van der Waals surface area contributed by atoms with Crippen molar-refractivity contribution in [3.8, 4) is 5.75 Å². The van der Waals surface area contributed by atoms with Crippen molar-refractivity contribution in [1.29, 1.82) is 0 Å². The third-order valence-electron chi connectivity index (χ3n) is 4.98. The molecule has 0 saturated carbocycles. The Morgan fingerprint density at radius 1 is 1.06 bits per heavy atom. The van der Waals surface area contributed by atoms with Gasteiger partial charge in [0, 0.05) is 45.5 Å². The lowest BCUT2D eigenvalue weighted by molar-refractivity contribution is 0.409. The van der Waals surface area contributed by atoms with Gasteiger partial charge in [-0.15, -0.1) is 24.0 Å². The number of rotatable bonds is 9. The molecule has 6 nitrogen and oxygen atoms in total. The van der Waals surface area contributed by atoms with Gasteiger partial charge in [0.05, 0.1) is 7.11 Å². The SMILES string of the molecule is CN=C(NCCc1cc(C)ccc1OC)NCCc1nccn1Cc1ccccc1.I. The normalized spacial score (nSPS) is 11.0. The Morgan fingerprint density at radius 2 is 1.81 bits per heavy atom. The van der Waals surface area contributed by atoms with E-state index in [1.807, 2.05) is 24.5 Å². The predicted octanol–water partition coefficient (Wildman–Crippen LogP) is 3.82. The summed E-state index contributed by atoms with van der Waals surface area (Å²) in [5, 5.41) is 6.76. The molecule has 3 aromatic rings. The van der Waals surface area contributed by atoms with Gasteiger partial charge in [0.1, 0.15) is 11.6 Å². The fourth-order valence-electron chi connectivity index (χ4n) is 3.42. The Hall–Kier alpha value is -2.55. The summed E-state index contributed by atoms with van der Waals surface area (Å²) < 4.78 is 7.65. The van der Waals surface area contributed by atoms with Crippen molar-refractivity contribution in [2.45, 2.75) is 26.3 Å². The number of methoxy groups -OCH3 is 1. The summed E-state index contributed by atoms with van der Waals surface area (Å²) in [5.74, 6) is 2.78. The van der Waals surface area contributed by atoms with Crippen LogP contribution in [0.5, 0.6) is 5.75 Å². The minimum Gasteiger partial charge on any atom is -0.496 e. The first-order valence-electron chi connectivity index (χ1n) is 10.3. The molecule has 0 aliphatic heterocycles. The molecule has 0 radical (unpaired) electrons. The number of ether oxygens (including phenoxy) is 1. The van der Waals surface area contributed by atoms with Gasteiger partial charge in [0.25, 0.3) is 0 Å². The molecule has 7 heteroatoms. The monoisotopic (exact) mass is 533 g/mol. The van der Waals surface area contributed by atoms with Crippen molar-refractivity contribution in [1.82, 2.24) is 20.2 Å². The van der Waals surface area contributed by atoms with Gasteiger partial charge >= 0.3 is 0 Å². The lowest BCUT2D eigenvalue weighted by atomic mass is 10.1. The van der Waals surface area contributed by atoms with Gasteiger partial charge in [-0.2, -0.15) is 0 Å². The summed E-state index contributed by atoms with van der Waals surface area (Å²) in [7, 11) is 3.50. The smallest absolute Gasteiger partial charge is 0.191 e. The van der Waals surface area contributed by atoms with E-state index in [-0.39, 0.29) is 24.0 Å². The average Bonchev–Trinajstić information content (AvgIpc) is 3.20. The summed E-state index contributed by atoms with van der Waals surface area (Å²) in [6.45, 7) is 4.47. The Balaban J connectivity index is 0.00000341. The zero-order valence-electron chi connectivity index (χ0n) is 18.5. The van der Waals surface area contributed by atoms with E-state index < -0.39 is 0 Å². The molecular formula is C24H32IN5O. The molecule has 0 bridgehead atoms. The average molecular weight is 533 g/mol. The lowest BCUT2D eigenvalue weighted by Crippen LogP contribution is -2.39. The third-order valence-corrected chi connectivity index (χ3v) is 4.98. The van der Waals surface area contributed by atoms with E-state index in [1.54, 1.807) is 14.2 Å². The number of aryl methyl sites for hydroxylation is 1. The number of hydrogen-bond donors (Lipinski definition) is 2. The van der Waals surface area contributed by atoms with E-state index in [9.17, 15) is 0 Å². The molecule has 1 heterocycles. The van der Waals surface area contributed by atoms with Crippen LogP contribution in [-0.2, 0) is 19.4 Å². The maximum Gasteiger partial charge on any atom is 0.191 e. The molecule has 3 rings (SSSR count). The van der Waals surface area contributed by atoms with Gasteiger partial charge in [-0.3, -0.25) is 4.99 Å². The third kappa shape index (κ3) is 7.57. The van der Waals surface area contributed by atoms with Crippen molar-refractivity contribution in [3.05, 3.63) is 83.4 Å². The summed E-state index contributed by atoms with van der Waals surface area (Å²) in [6.07, 6.45) is 5.59. The summed E-state index contributed by atoms with van der Waals surface area (Å²) >= 11 is 0. The Bertz CT molecular complexity index is 956. The zero-order valence-corrected chi connectivity index (χ0v) is 20.8. The van der Waals surface area contributed by atoms with Crippen LogP contribution in [0.4, 0.5) is 0 Å². The Labute approximate surface area is 202 Å². The van der Waals surface area contributed by atoms with Crippen LogP contribution in [0.3, 0.4) is 0 Å². The molecule has 0 saturated heterocycles. The first kappa shape index (κ1) is 24.7. The number of guanidine groups is 1. The predicted molar refractivity (Wildman–Crippen MR) is 138 cm³/mol. The molecule has 31 heavy (non-hydrogen) atoms. The van der Waals surface area contributed by atoms with Gasteiger partial charge in [-0.25, -0.2) is 4.98 Å². The minimum atomic E-state index is 0. The van der Waals surface area contributed by atoms with E-state index in [4.69, 9.17) is 4.74 Å². The first-order chi connectivity index (χ1) is 14.7. The topological polar surface area (TPSA) is 63.5 Å². The first-order valence-corrected chi connectivity index (χ1v) is 10.3. The van der Waals surface area contributed by atoms with Crippen LogP contribution in [0, 0.1) is 6.92 Å². The van der Waals surface area contributed by atoms with Crippen molar-refractivity contribution < 1.29 is 4.74 Å². The second kappa shape index (κ2) is 13.0.